The molecule has 1 amide bonds. The molecule has 1 fully saturated rings. The lowest BCUT2D eigenvalue weighted by molar-refractivity contribution is -0.126. The first-order valence-electron chi connectivity index (χ1n) is 7.30. The summed E-state index contributed by atoms with van der Waals surface area (Å²) in [4.78, 5) is 12.1. The van der Waals surface area contributed by atoms with E-state index in [9.17, 15) is 4.79 Å². The van der Waals surface area contributed by atoms with Gasteiger partial charge in [0.05, 0.1) is 5.92 Å². The smallest absolute Gasteiger partial charge is 0.224 e. The number of aryl methyl sites for hydroxylation is 1. The standard InChI is InChI=1S/C16H24N2O.ClH/c1-13(9-10-14-6-3-2-4-7-14)18-16(19)15-8-5-11-17-12-15;/h2-4,6-7,13,15,17H,5,8-12H2,1H3,(H,18,19);1H. The maximum atomic E-state index is 12.1. The highest BCUT2D eigenvalue weighted by molar-refractivity contribution is 5.85. The van der Waals surface area contributed by atoms with Gasteiger partial charge in [-0.15, -0.1) is 12.4 Å². The van der Waals surface area contributed by atoms with Crippen LogP contribution in [0.5, 0.6) is 0 Å². The van der Waals surface area contributed by atoms with E-state index in [1.165, 1.54) is 5.56 Å². The van der Waals surface area contributed by atoms with Gasteiger partial charge in [-0.2, -0.15) is 0 Å². The van der Waals surface area contributed by atoms with Crippen LogP contribution in [-0.2, 0) is 11.2 Å². The van der Waals surface area contributed by atoms with E-state index in [2.05, 4.69) is 41.8 Å². The Balaban J connectivity index is 0.00000200. The lowest BCUT2D eigenvalue weighted by Crippen LogP contribution is -2.43. The van der Waals surface area contributed by atoms with Crippen molar-refractivity contribution in [2.75, 3.05) is 13.1 Å². The predicted octanol–water partition coefficient (Wildman–Crippen LogP) is 2.55. The highest BCUT2D eigenvalue weighted by Crippen LogP contribution is 2.11. The van der Waals surface area contributed by atoms with E-state index in [-0.39, 0.29) is 30.3 Å². The number of halogens is 1. The van der Waals surface area contributed by atoms with Gasteiger partial charge in [-0.1, -0.05) is 30.3 Å². The largest absolute Gasteiger partial charge is 0.353 e. The van der Waals surface area contributed by atoms with Crippen LogP contribution in [0.1, 0.15) is 31.7 Å². The van der Waals surface area contributed by atoms with Gasteiger partial charge in [0.15, 0.2) is 0 Å². The molecule has 1 aromatic carbocycles. The first-order chi connectivity index (χ1) is 9.25. The second-order valence-corrected chi connectivity index (χ2v) is 5.48. The molecule has 2 atom stereocenters. The van der Waals surface area contributed by atoms with Gasteiger partial charge in [0.1, 0.15) is 0 Å². The van der Waals surface area contributed by atoms with Gasteiger partial charge in [0.25, 0.3) is 0 Å². The van der Waals surface area contributed by atoms with E-state index < -0.39 is 0 Å². The molecule has 20 heavy (non-hydrogen) atoms. The summed E-state index contributed by atoms with van der Waals surface area (Å²) in [6, 6.07) is 10.7. The average molecular weight is 297 g/mol. The Morgan fingerprint density at radius 2 is 2.15 bits per heavy atom. The van der Waals surface area contributed by atoms with Gasteiger partial charge in [0.2, 0.25) is 5.91 Å². The summed E-state index contributed by atoms with van der Waals surface area (Å²) in [5.74, 6) is 0.376. The predicted molar refractivity (Wildman–Crippen MR) is 85.2 cm³/mol. The highest BCUT2D eigenvalue weighted by Gasteiger charge is 2.21. The van der Waals surface area contributed by atoms with Crippen LogP contribution in [0.25, 0.3) is 0 Å². The van der Waals surface area contributed by atoms with Crippen molar-refractivity contribution in [3.05, 3.63) is 35.9 Å². The number of hydrogen-bond donors (Lipinski definition) is 2. The van der Waals surface area contributed by atoms with Crippen LogP contribution in [0.15, 0.2) is 30.3 Å². The third-order valence-corrected chi connectivity index (χ3v) is 3.77. The van der Waals surface area contributed by atoms with Gasteiger partial charge >= 0.3 is 0 Å². The molecule has 0 aliphatic carbocycles. The highest BCUT2D eigenvalue weighted by atomic mass is 35.5. The SMILES string of the molecule is CC(CCc1ccccc1)NC(=O)C1CCCNC1.Cl. The molecular weight excluding hydrogens is 272 g/mol. The summed E-state index contributed by atoms with van der Waals surface area (Å²) in [6.07, 6.45) is 4.14. The molecule has 3 nitrogen and oxygen atoms in total. The van der Waals surface area contributed by atoms with Crippen molar-refractivity contribution in [2.24, 2.45) is 5.92 Å². The zero-order valence-electron chi connectivity index (χ0n) is 12.1. The quantitative estimate of drug-likeness (QED) is 0.877. The topological polar surface area (TPSA) is 41.1 Å². The molecule has 1 aliphatic heterocycles. The number of carbonyl (C=O) groups is 1. The minimum Gasteiger partial charge on any atom is -0.353 e. The van der Waals surface area contributed by atoms with Crippen molar-refractivity contribution in [3.8, 4) is 0 Å². The Morgan fingerprint density at radius 1 is 1.40 bits per heavy atom. The second-order valence-electron chi connectivity index (χ2n) is 5.48. The summed E-state index contributed by atoms with van der Waals surface area (Å²) in [6.45, 7) is 3.97. The molecule has 1 aliphatic rings. The Morgan fingerprint density at radius 3 is 2.80 bits per heavy atom. The van der Waals surface area contributed by atoms with Crippen LogP contribution in [0.3, 0.4) is 0 Å². The van der Waals surface area contributed by atoms with Gasteiger partial charge in [-0.05, 0) is 44.7 Å². The van der Waals surface area contributed by atoms with Gasteiger partial charge < -0.3 is 10.6 Å². The van der Waals surface area contributed by atoms with Crippen molar-refractivity contribution in [1.29, 1.82) is 0 Å². The molecule has 1 saturated heterocycles. The molecular formula is C16H25ClN2O. The van der Waals surface area contributed by atoms with Crippen LogP contribution in [-0.4, -0.2) is 25.0 Å². The zero-order valence-corrected chi connectivity index (χ0v) is 12.9. The Labute approximate surface area is 127 Å². The van der Waals surface area contributed by atoms with Gasteiger partial charge in [0, 0.05) is 12.6 Å². The van der Waals surface area contributed by atoms with E-state index in [1.54, 1.807) is 0 Å². The Hall–Kier alpha value is -1.06. The maximum Gasteiger partial charge on any atom is 0.224 e. The molecule has 4 heteroatoms. The maximum absolute atomic E-state index is 12.1. The molecule has 1 aromatic rings. The van der Waals surface area contributed by atoms with E-state index in [0.29, 0.717) is 0 Å². The minimum absolute atomic E-state index is 0. The van der Waals surface area contributed by atoms with E-state index in [4.69, 9.17) is 0 Å². The number of hydrogen-bond acceptors (Lipinski definition) is 2. The minimum atomic E-state index is 0. The molecule has 112 valence electrons. The van der Waals surface area contributed by atoms with Crippen molar-refractivity contribution in [3.63, 3.8) is 0 Å². The lowest BCUT2D eigenvalue weighted by atomic mass is 9.98. The number of benzene rings is 1. The molecule has 0 aromatic heterocycles. The third kappa shape index (κ3) is 5.51. The van der Waals surface area contributed by atoms with Gasteiger partial charge in [-0.25, -0.2) is 0 Å². The Bertz CT molecular complexity index is 391. The van der Waals surface area contributed by atoms with Crippen molar-refractivity contribution >= 4 is 18.3 Å². The first kappa shape index (κ1) is 17.0. The lowest BCUT2D eigenvalue weighted by Gasteiger charge is -2.24. The second kappa shape index (κ2) is 8.98. The number of nitrogens with one attached hydrogen (secondary N) is 2. The fourth-order valence-electron chi connectivity index (χ4n) is 2.54. The first-order valence-corrected chi connectivity index (χ1v) is 7.30. The summed E-state index contributed by atoms with van der Waals surface area (Å²) in [5.41, 5.74) is 1.34. The fraction of sp³-hybridized carbons (Fsp3) is 0.562. The fourth-order valence-corrected chi connectivity index (χ4v) is 2.54. The molecule has 2 rings (SSSR count). The zero-order chi connectivity index (χ0) is 13.5. The van der Waals surface area contributed by atoms with Crippen molar-refractivity contribution < 1.29 is 4.79 Å². The molecule has 2 N–H and O–H groups in total. The van der Waals surface area contributed by atoms with Gasteiger partial charge in [-0.3, -0.25) is 4.79 Å². The third-order valence-electron chi connectivity index (χ3n) is 3.77. The van der Waals surface area contributed by atoms with Crippen LogP contribution in [0.4, 0.5) is 0 Å². The number of rotatable bonds is 5. The molecule has 2 unspecified atom stereocenters. The monoisotopic (exact) mass is 296 g/mol. The van der Waals surface area contributed by atoms with Crippen molar-refractivity contribution in [1.82, 2.24) is 10.6 Å². The van der Waals surface area contributed by atoms with E-state index in [1.807, 2.05) is 6.07 Å². The van der Waals surface area contributed by atoms with E-state index >= 15 is 0 Å². The summed E-state index contributed by atoms with van der Waals surface area (Å²) in [7, 11) is 0. The molecule has 1 heterocycles. The normalized spacial score (nSPS) is 19.8. The number of piperidine rings is 1. The molecule has 0 bridgehead atoms. The van der Waals surface area contributed by atoms with Crippen LogP contribution in [0, 0.1) is 5.92 Å². The van der Waals surface area contributed by atoms with Crippen LogP contribution in [0.2, 0.25) is 0 Å². The number of amides is 1. The summed E-state index contributed by atoms with van der Waals surface area (Å²) < 4.78 is 0. The molecule has 0 saturated carbocycles. The van der Waals surface area contributed by atoms with E-state index in [0.717, 1.165) is 38.8 Å². The molecule has 0 spiro atoms. The average Bonchev–Trinajstić information content (AvgIpc) is 2.47. The Kier molecular flexibility index (Phi) is 7.63. The molecule has 0 radical (unpaired) electrons. The summed E-state index contributed by atoms with van der Waals surface area (Å²) in [5, 5.41) is 6.43. The van der Waals surface area contributed by atoms with Crippen LogP contribution >= 0.6 is 12.4 Å². The van der Waals surface area contributed by atoms with Crippen LogP contribution < -0.4 is 10.6 Å². The summed E-state index contributed by atoms with van der Waals surface area (Å²) >= 11 is 0. The van der Waals surface area contributed by atoms with Crippen molar-refractivity contribution in [2.45, 2.75) is 38.6 Å². The number of carbonyl (C=O) groups excluding carboxylic acids is 1.